The molecule has 0 aliphatic carbocycles. The highest BCUT2D eigenvalue weighted by Gasteiger charge is 2.18. The number of pyridine rings is 1. The lowest BCUT2D eigenvalue weighted by atomic mass is 9.99. The van der Waals surface area contributed by atoms with E-state index in [0.29, 0.717) is 5.56 Å². The topological polar surface area (TPSA) is 42.0 Å². The zero-order valence-electron chi connectivity index (χ0n) is 14.4. The number of carbonyl (C=O) groups excluding carboxylic acids is 1. The number of rotatable bonds is 4. The second kappa shape index (κ2) is 6.83. The molecule has 0 fully saturated rings. The van der Waals surface area contributed by atoms with Gasteiger partial charge in [-0.2, -0.15) is 0 Å². The van der Waals surface area contributed by atoms with Gasteiger partial charge in [-0.15, -0.1) is 0 Å². The first-order chi connectivity index (χ1) is 11.7. The van der Waals surface area contributed by atoms with E-state index in [9.17, 15) is 4.79 Å². The molecule has 3 nitrogen and oxygen atoms in total. The normalized spacial score (nSPS) is 10.8. The molecule has 0 saturated carbocycles. The minimum Gasteiger partial charge on any atom is -0.322 e. The van der Waals surface area contributed by atoms with Gasteiger partial charge in [-0.25, -0.2) is 0 Å². The minimum atomic E-state index is -0.0801. The zero-order valence-corrected chi connectivity index (χ0v) is 14.4. The number of nitrogens with zero attached hydrogens (tertiary/aromatic N) is 1. The molecule has 0 spiro atoms. The predicted molar refractivity (Wildman–Crippen MR) is 99.6 cm³/mol. The molecule has 1 N–H and O–H groups in total. The van der Waals surface area contributed by atoms with Gasteiger partial charge in [-0.1, -0.05) is 50.2 Å². The summed E-state index contributed by atoms with van der Waals surface area (Å²) in [5.41, 5.74) is 5.48. The number of nitrogens with one attached hydrogen (secondary N) is 1. The number of carbonyl (C=O) groups is 1. The second-order valence-corrected chi connectivity index (χ2v) is 5.89. The average molecular weight is 318 g/mol. The maximum atomic E-state index is 13.0. The third-order valence-electron chi connectivity index (χ3n) is 4.44. The van der Waals surface area contributed by atoms with Gasteiger partial charge in [-0.05, 0) is 43.0 Å². The molecule has 3 heteroatoms. The number of aromatic nitrogens is 1. The van der Waals surface area contributed by atoms with E-state index in [1.807, 2.05) is 62.4 Å². The van der Waals surface area contributed by atoms with Crippen LogP contribution in [-0.4, -0.2) is 10.9 Å². The van der Waals surface area contributed by atoms with Crippen LogP contribution in [0, 0.1) is 6.92 Å². The van der Waals surface area contributed by atoms with Gasteiger partial charge in [-0.3, -0.25) is 9.78 Å². The first-order valence-corrected chi connectivity index (χ1v) is 8.43. The largest absolute Gasteiger partial charge is 0.322 e. The summed E-state index contributed by atoms with van der Waals surface area (Å²) < 4.78 is 0. The summed E-state index contributed by atoms with van der Waals surface area (Å²) in [6.45, 7) is 6.13. The molecule has 1 heterocycles. The molecule has 0 unspecified atom stereocenters. The summed E-state index contributed by atoms with van der Waals surface area (Å²) in [7, 11) is 0. The van der Waals surface area contributed by atoms with E-state index in [0.717, 1.165) is 46.3 Å². The van der Waals surface area contributed by atoms with E-state index in [1.54, 1.807) is 0 Å². The van der Waals surface area contributed by atoms with Crippen LogP contribution in [0.1, 0.15) is 41.0 Å². The molecular formula is C21H22N2O. The lowest BCUT2D eigenvalue weighted by Gasteiger charge is -2.15. The molecule has 0 aliphatic rings. The van der Waals surface area contributed by atoms with Crippen LogP contribution in [-0.2, 0) is 12.8 Å². The summed E-state index contributed by atoms with van der Waals surface area (Å²) in [4.78, 5) is 17.7. The lowest BCUT2D eigenvalue weighted by molar-refractivity contribution is 0.102. The highest BCUT2D eigenvalue weighted by molar-refractivity contribution is 6.08. The van der Waals surface area contributed by atoms with E-state index >= 15 is 0 Å². The molecule has 0 radical (unpaired) electrons. The van der Waals surface area contributed by atoms with E-state index in [4.69, 9.17) is 4.98 Å². The maximum absolute atomic E-state index is 13.0. The van der Waals surface area contributed by atoms with E-state index in [2.05, 4.69) is 12.2 Å². The number of anilines is 1. The predicted octanol–water partition coefficient (Wildman–Crippen LogP) is 4.92. The Morgan fingerprint density at radius 2 is 1.71 bits per heavy atom. The fraction of sp³-hybridized carbons (Fsp3) is 0.238. The number of fused-ring (bicyclic) bond motifs is 1. The van der Waals surface area contributed by atoms with Gasteiger partial charge in [0.05, 0.1) is 16.8 Å². The van der Waals surface area contributed by atoms with Gasteiger partial charge in [0.15, 0.2) is 0 Å². The third-order valence-corrected chi connectivity index (χ3v) is 4.44. The minimum absolute atomic E-state index is 0.0801. The van der Waals surface area contributed by atoms with Crippen molar-refractivity contribution < 1.29 is 4.79 Å². The van der Waals surface area contributed by atoms with Crippen LogP contribution >= 0.6 is 0 Å². The van der Waals surface area contributed by atoms with Crippen molar-refractivity contribution in [3.8, 4) is 0 Å². The summed E-state index contributed by atoms with van der Waals surface area (Å²) in [5, 5.41) is 4.11. The van der Waals surface area contributed by atoms with Crippen molar-refractivity contribution >= 4 is 22.5 Å². The highest BCUT2D eigenvalue weighted by Crippen LogP contribution is 2.25. The molecule has 2 aromatic carbocycles. The lowest BCUT2D eigenvalue weighted by Crippen LogP contribution is -2.18. The molecule has 1 amide bonds. The molecule has 0 aliphatic heterocycles. The first kappa shape index (κ1) is 16.2. The molecule has 0 atom stereocenters. The van der Waals surface area contributed by atoms with Crippen molar-refractivity contribution in [2.45, 2.75) is 33.6 Å². The van der Waals surface area contributed by atoms with Gasteiger partial charge in [0, 0.05) is 11.1 Å². The van der Waals surface area contributed by atoms with Crippen LogP contribution in [0.25, 0.3) is 10.9 Å². The fourth-order valence-electron chi connectivity index (χ4n) is 3.13. The number of benzene rings is 2. The first-order valence-electron chi connectivity index (χ1n) is 8.43. The quantitative estimate of drug-likeness (QED) is 0.742. The van der Waals surface area contributed by atoms with Crippen molar-refractivity contribution in [3.63, 3.8) is 0 Å². The Labute approximate surface area is 142 Å². The number of para-hydroxylation sites is 2. The second-order valence-electron chi connectivity index (χ2n) is 5.89. The molecule has 3 aromatic rings. The fourth-order valence-corrected chi connectivity index (χ4v) is 3.13. The Bertz CT molecular complexity index is 899. The standard InChI is InChI=1S/C21H22N2O/c1-4-15-10-6-8-12-18(15)23-21(24)20-14(3)16-11-7-9-13-19(16)22-17(20)5-2/h6-13H,4-5H2,1-3H3,(H,23,24). The molecule has 3 rings (SSSR count). The Morgan fingerprint density at radius 3 is 2.46 bits per heavy atom. The van der Waals surface area contributed by atoms with E-state index in [-0.39, 0.29) is 5.91 Å². The highest BCUT2D eigenvalue weighted by atomic mass is 16.1. The van der Waals surface area contributed by atoms with Gasteiger partial charge in [0.25, 0.3) is 5.91 Å². The van der Waals surface area contributed by atoms with Crippen molar-refractivity contribution in [3.05, 3.63) is 70.9 Å². The SMILES string of the molecule is CCc1ccccc1NC(=O)c1c(CC)nc2ccccc2c1C. The zero-order chi connectivity index (χ0) is 17.1. The summed E-state index contributed by atoms with van der Waals surface area (Å²) in [5.74, 6) is -0.0801. The Morgan fingerprint density at radius 1 is 1.00 bits per heavy atom. The summed E-state index contributed by atoms with van der Waals surface area (Å²) in [6, 6.07) is 15.9. The monoisotopic (exact) mass is 318 g/mol. The van der Waals surface area contributed by atoms with Crippen LogP contribution in [0.15, 0.2) is 48.5 Å². The molecule has 0 bridgehead atoms. The Kier molecular flexibility index (Phi) is 4.61. The van der Waals surface area contributed by atoms with E-state index < -0.39 is 0 Å². The summed E-state index contributed by atoms with van der Waals surface area (Å²) >= 11 is 0. The van der Waals surface area contributed by atoms with Crippen LogP contribution < -0.4 is 5.32 Å². The Balaban J connectivity index is 2.07. The van der Waals surface area contributed by atoms with Crippen molar-refractivity contribution in [1.82, 2.24) is 4.98 Å². The number of aryl methyl sites for hydroxylation is 3. The molecule has 122 valence electrons. The molecule has 0 saturated heterocycles. The summed E-state index contributed by atoms with van der Waals surface area (Å²) in [6.07, 6.45) is 1.61. The van der Waals surface area contributed by atoms with Gasteiger partial charge in [0.2, 0.25) is 0 Å². The Hall–Kier alpha value is -2.68. The number of hydrogen-bond acceptors (Lipinski definition) is 2. The van der Waals surface area contributed by atoms with Crippen molar-refractivity contribution in [2.75, 3.05) is 5.32 Å². The van der Waals surface area contributed by atoms with Gasteiger partial charge in [0.1, 0.15) is 0 Å². The third kappa shape index (κ3) is 2.90. The van der Waals surface area contributed by atoms with E-state index in [1.165, 1.54) is 0 Å². The van der Waals surface area contributed by atoms with Crippen LogP contribution in [0.5, 0.6) is 0 Å². The van der Waals surface area contributed by atoms with Crippen molar-refractivity contribution in [2.24, 2.45) is 0 Å². The van der Waals surface area contributed by atoms with Gasteiger partial charge >= 0.3 is 0 Å². The number of hydrogen-bond donors (Lipinski definition) is 1. The molecule has 24 heavy (non-hydrogen) atoms. The van der Waals surface area contributed by atoms with Crippen LogP contribution in [0.3, 0.4) is 0 Å². The smallest absolute Gasteiger partial charge is 0.257 e. The maximum Gasteiger partial charge on any atom is 0.257 e. The van der Waals surface area contributed by atoms with Crippen molar-refractivity contribution in [1.29, 1.82) is 0 Å². The average Bonchev–Trinajstić information content (AvgIpc) is 2.61. The molecular weight excluding hydrogens is 296 g/mol. The van der Waals surface area contributed by atoms with Crippen LogP contribution in [0.4, 0.5) is 5.69 Å². The van der Waals surface area contributed by atoms with Crippen LogP contribution in [0.2, 0.25) is 0 Å². The number of amides is 1. The molecule has 1 aromatic heterocycles. The van der Waals surface area contributed by atoms with Gasteiger partial charge < -0.3 is 5.32 Å².